The Hall–Kier alpha value is -3.58. The number of carbonyl (C=O) groups is 3. The third-order valence-electron chi connectivity index (χ3n) is 16.7. The molecule has 2 bridgehead atoms. The average Bonchev–Trinajstić information content (AvgIpc) is 3.39. The lowest BCUT2D eigenvalue weighted by molar-refractivity contribution is -0.333. The number of aliphatic hydroxyl groups excluding tert-OH is 10. The number of allylic oxidation sites excluding steroid dienone is 4. The molecule has 2 rings (SSSR count). The van der Waals surface area contributed by atoms with E-state index in [9.17, 15) is 75.7 Å². The highest BCUT2D eigenvalue weighted by molar-refractivity contribution is 5.90. The number of rotatable bonds is 14. The van der Waals surface area contributed by atoms with Gasteiger partial charge in [-0.2, -0.15) is 0 Å². The lowest BCUT2D eigenvalue weighted by atomic mass is 9.79. The molecule has 2 aliphatic heterocycles. The van der Waals surface area contributed by atoms with Crippen molar-refractivity contribution >= 4 is 23.9 Å². The molecule has 464 valence electrons. The lowest BCUT2D eigenvalue weighted by Crippen LogP contribution is -2.60. The molecule has 80 heavy (non-hydrogen) atoms. The second kappa shape index (κ2) is 36.9. The molecular weight excluding hydrogens is 1040 g/mol. The van der Waals surface area contributed by atoms with E-state index in [1.165, 1.54) is 6.08 Å². The van der Waals surface area contributed by atoms with Gasteiger partial charge >= 0.3 is 17.9 Å². The van der Waals surface area contributed by atoms with Crippen molar-refractivity contribution in [1.29, 1.82) is 0 Å². The number of nitrogens with zero attached hydrogens (tertiary/aromatic N) is 1. The molecule has 0 unspecified atom stereocenters. The molecule has 15 N–H and O–H groups in total. The van der Waals surface area contributed by atoms with E-state index in [-0.39, 0.29) is 50.9 Å². The number of aliphatic imine (C=N–C) groups is 1. The van der Waals surface area contributed by atoms with Crippen molar-refractivity contribution in [3.8, 4) is 0 Å². The first-order valence-electron chi connectivity index (χ1n) is 29.3. The molecule has 1 saturated heterocycles. The van der Waals surface area contributed by atoms with Gasteiger partial charge in [0, 0.05) is 63.5 Å². The van der Waals surface area contributed by atoms with Gasteiger partial charge in [0.05, 0.1) is 67.0 Å². The van der Waals surface area contributed by atoms with E-state index in [2.05, 4.69) is 29.4 Å². The fourth-order valence-electron chi connectivity index (χ4n) is 10.7. The Morgan fingerprint density at radius 2 is 1.43 bits per heavy atom. The summed E-state index contributed by atoms with van der Waals surface area (Å²) in [5, 5.41) is 136. The monoisotopic (exact) mass is 1140 g/mol. The summed E-state index contributed by atoms with van der Waals surface area (Å²) in [5.41, 5.74) is 5.68. The van der Waals surface area contributed by atoms with E-state index in [4.69, 9.17) is 19.9 Å². The Morgan fingerprint density at radius 3 is 2.08 bits per heavy atom. The average molecular weight is 1140 g/mol. The van der Waals surface area contributed by atoms with E-state index < -0.39 is 151 Å². The molecule has 0 saturated carbocycles. The highest BCUT2D eigenvalue weighted by Crippen LogP contribution is 2.37. The Balaban J connectivity index is 2.40. The van der Waals surface area contributed by atoms with Crippen LogP contribution in [0.25, 0.3) is 0 Å². The van der Waals surface area contributed by atoms with E-state index in [0.717, 1.165) is 45.1 Å². The molecule has 21 heteroatoms. The normalized spacial score (nSPS) is 38.7. The number of hydrogen-bond donors (Lipinski definition) is 14. The number of carbonyl (C=O) groups excluding carboxylic acids is 2. The molecule has 0 spiro atoms. The third kappa shape index (κ3) is 25.9. The van der Waals surface area contributed by atoms with Crippen LogP contribution >= 0.6 is 0 Å². The zero-order valence-electron chi connectivity index (χ0n) is 49.2. The summed E-state index contributed by atoms with van der Waals surface area (Å²) in [6, 6.07) is 0. The molecule has 0 aromatic heterocycles. The number of aliphatic carboxylic acids is 1. The smallest absolute Gasteiger partial charge is 0.317 e. The van der Waals surface area contributed by atoms with Crippen LogP contribution in [0.5, 0.6) is 0 Å². The van der Waals surface area contributed by atoms with Crippen molar-refractivity contribution in [2.75, 3.05) is 13.6 Å². The number of carboxylic acids is 1. The van der Waals surface area contributed by atoms with E-state index in [1.807, 2.05) is 6.92 Å². The molecule has 2 heterocycles. The summed E-state index contributed by atoms with van der Waals surface area (Å²) in [5.74, 6) is -9.40. The topological polar surface area (TPSA) is 372 Å². The summed E-state index contributed by atoms with van der Waals surface area (Å²) in [6.07, 6.45) is -1.81. The molecule has 2 aliphatic rings. The number of hydrogen-bond acceptors (Lipinski definition) is 18. The molecule has 21 nitrogen and oxygen atoms in total. The molecule has 22 atom stereocenters. The van der Waals surface area contributed by atoms with E-state index in [1.54, 1.807) is 66.8 Å². The number of carboxylic acid groups (broad SMARTS) is 1. The summed E-state index contributed by atoms with van der Waals surface area (Å²) in [6.45, 7) is 14.8. The van der Waals surface area contributed by atoms with Gasteiger partial charge in [-0.15, -0.1) is 0 Å². The minimum Gasteiger partial charge on any atom is -0.481 e. The van der Waals surface area contributed by atoms with Crippen LogP contribution in [0, 0.1) is 47.3 Å². The first-order chi connectivity index (χ1) is 37.5. The maximum absolute atomic E-state index is 13.8. The second-order valence-corrected chi connectivity index (χ2v) is 23.7. The Labute approximate surface area is 475 Å². The van der Waals surface area contributed by atoms with Crippen LogP contribution in [0.1, 0.15) is 165 Å². The molecular formula is C59H105N3O18. The van der Waals surface area contributed by atoms with Crippen LogP contribution in [0.15, 0.2) is 41.4 Å². The van der Waals surface area contributed by atoms with Crippen LogP contribution in [0.3, 0.4) is 0 Å². The van der Waals surface area contributed by atoms with Gasteiger partial charge in [0.15, 0.2) is 11.7 Å². The van der Waals surface area contributed by atoms with Gasteiger partial charge in [-0.3, -0.25) is 19.4 Å². The van der Waals surface area contributed by atoms with Crippen LogP contribution in [0.2, 0.25) is 0 Å². The number of nitrogens with one attached hydrogen (secondary N) is 1. The van der Waals surface area contributed by atoms with Crippen molar-refractivity contribution < 1.29 is 89.9 Å². The predicted octanol–water partition coefficient (Wildman–Crippen LogP) is 3.53. The minimum absolute atomic E-state index is 0.0796. The standard InChI is InChI=1S/C59H105N3O18/c1-34(19-15-12-10-11-13-18-26-62-58(60)61-9)27-37(4)51-21-17-14-16-20-45(64)38(5)48(67)29-42(63)28-43(78-53(72)32-52(70)71)30-44-31-49(68)56(75)59(77,80-44)33-50(69)35(2)22-24-46(65)39(6)55(74)41(8)54(73)36(3)23-25-47(66)40(7)57(76)79-51/h10-11,14,16-17,20,34-51,54-56,63-69,73-75,77H,12-13,15,18-19,21-33H2,1-9H3,(H,70,71)(H3,60,61,62)/b11-10+,17-14+,20-16+/t34-,35+,36-,37-,38-,39+,40-,41+,42-,43-,44-,45-,46+,47-,48-,49+,50+,51-,54+,55-,56-,59+/m0/s1. The van der Waals surface area contributed by atoms with Crippen molar-refractivity contribution in [2.24, 2.45) is 58.1 Å². The third-order valence-corrected chi connectivity index (χ3v) is 16.7. The minimum atomic E-state index is -2.54. The number of unbranched alkanes of at least 4 members (excludes halogenated alkanes) is 2. The fourth-order valence-corrected chi connectivity index (χ4v) is 10.7. The zero-order valence-corrected chi connectivity index (χ0v) is 49.2. The van der Waals surface area contributed by atoms with Crippen molar-refractivity contribution in [2.45, 2.75) is 250 Å². The molecule has 1 fully saturated rings. The van der Waals surface area contributed by atoms with E-state index >= 15 is 0 Å². The second-order valence-electron chi connectivity index (χ2n) is 23.7. The molecule has 0 radical (unpaired) electrons. The number of guanidine groups is 1. The van der Waals surface area contributed by atoms with Crippen LogP contribution in [-0.2, 0) is 28.6 Å². The molecule has 0 amide bonds. The fraction of sp³-hybridized carbons (Fsp3) is 0.831. The largest absolute Gasteiger partial charge is 0.481 e. The number of ether oxygens (including phenoxy) is 3. The maximum Gasteiger partial charge on any atom is 0.317 e. The quantitative estimate of drug-likeness (QED) is 0.0295. The van der Waals surface area contributed by atoms with Gasteiger partial charge in [0.25, 0.3) is 0 Å². The Kier molecular flexibility index (Phi) is 33.4. The first kappa shape index (κ1) is 72.5. The number of fused-ring (bicyclic) bond motifs is 2. The van der Waals surface area contributed by atoms with Gasteiger partial charge in [-0.25, -0.2) is 0 Å². The van der Waals surface area contributed by atoms with Gasteiger partial charge in [0.1, 0.15) is 24.7 Å². The SMILES string of the molecule is CN=C(N)NCCC/C=C/CCC[C@H](C)C[C@H](C)[C@@H]1C/C=C/C=C/[C@H](O)[C@H](C)[C@@H](O)C[C@@H](O)C[C@H](OC(=O)CC(=O)O)C[C@H]2C[C@@H](O)[C@H](O)[C@@](O)(C[C@@H](O)[C@H](C)CC[C@@H](O)[C@@H](C)[C@H](O)[C@H](C)[C@H](O)[C@@H](C)CC[C@H](O)[C@H](C)C(=O)O1)O2. The number of esters is 2. The van der Waals surface area contributed by atoms with Gasteiger partial charge in [-0.1, -0.05) is 91.3 Å². The highest BCUT2D eigenvalue weighted by atomic mass is 16.7. The number of aliphatic hydroxyl groups is 11. The molecule has 0 aromatic carbocycles. The number of cyclic esters (lactones) is 1. The van der Waals surface area contributed by atoms with E-state index in [0.29, 0.717) is 24.7 Å². The lowest BCUT2D eigenvalue weighted by Gasteiger charge is -2.45. The van der Waals surface area contributed by atoms with Gasteiger partial charge in [-0.05, 0) is 94.8 Å². The molecule has 0 aromatic rings. The first-order valence-corrected chi connectivity index (χ1v) is 29.3. The Morgan fingerprint density at radius 1 is 0.787 bits per heavy atom. The van der Waals surface area contributed by atoms with Crippen molar-refractivity contribution in [3.63, 3.8) is 0 Å². The summed E-state index contributed by atoms with van der Waals surface area (Å²) in [4.78, 5) is 41.7. The predicted molar refractivity (Wildman–Crippen MR) is 302 cm³/mol. The summed E-state index contributed by atoms with van der Waals surface area (Å²) >= 11 is 0. The Bertz CT molecular complexity index is 1910. The van der Waals surface area contributed by atoms with Crippen LogP contribution in [0.4, 0.5) is 0 Å². The van der Waals surface area contributed by atoms with Gasteiger partial charge < -0.3 is 86.5 Å². The van der Waals surface area contributed by atoms with Gasteiger partial charge in [0.2, 0.25) is 0 Å². The van der Waals surface area contributed by atoms with Crippen LogP contribution < -0.4 is 11.1 Å². The van der Waals surface area contributed by atoms with Crippen molar-refractivity contribution in [3.05, 3.63) is 36.5 Å². The zero-order chi connectivity index (χ0) is 60.4. The maximum atomic E-state index is 13.8. The van der Waals surface area contributed by atoms with Crippen LogP contribution in [-0.4, -0.2) is 184 Å². The number of nitrogens with two attached hydrogens (primary N) is 1. The summed E-state index contributed by atoms with van der Waals surface area (Å²) in [7, 11) is 1.63. The molecule has 0 aliphatic carbocycles. The highest BCUT2D eigenvalue weighted by Gasteiger charge is 2.50. The summed E-state index contributed by atoms with van der Waals surface area (Å²) < 4.78 is 17.5. The van der Waals surface area contributed by atoms with Crippen molar-refractivity contribution in [1.82, 2.24) is 5.32 Å².